The Balaban J connectivity index is 1.53. The molecule has 1 aromatic heterocycles. The number of carbonyl (C=O) groups excluding carboxylic acids is 3. The first-order valence-corrected chi connectivity index (χ1v) is 10.4. The summed E-state index contributed by atoms with van der Waals surface area (Å²) in [7, 11) is 0. The number of ether oxygens (including phenoxy) is 2. The zero-order chi connectivity index (χ0) is 22.5. The van der Waals surface area contributed by atoms with Crippen LogP contribution in [-0.2, 0) is 19.1 Å². The van der Waals surface area contributed by atoms with Crippen molar-refractivity contribution < 1.29 is 23.9 Å². The van der Waals surface area contributed by atoms with Crippen LogP contribution in [0.5, 0.6) is 5.75 Å². The Hall–Kier alpha value is -2.84. The number of amides is 2. The number of rotatable bonds is 7. The van der Waals surface area contributed by atoms with Crippen LogP contribution in [0.3, 0.4) is 0 Å². The van der Waals surface area contributed by atoms with Crippen molar-refractivity contribution in [3.63, 3.8) is 0 Å². The SMILES string of the molecule is CCOc1ccc(N2CC(C(=O)OCC(=O)Nc3ncc(Cl)c(C)c3Cl)CC2=O)cc1. The topological polar surface area (TPSA) is 97.8 Å². The number of halogens is 2. The Kier molecular flexibility index (Phi) is 7.35. The van der Waals surface area contributed by atoms with E-state index < -0.39 is 24.4 Å². The molecule has 2 aromatic rings. The van der Waals surface area contributed by atoms with Crippen LogP contribution in [0.15, 0.2) is 30.5 Å². The average molecular weight is 466 g/mol. The molecule has 0 saturated carbocycles. The van der Waals surface area contributed by atoms with Crippen molar-refractivity contribution in [1.29, 1.82) is 0 Å². The van der Waals surface area contributed by atoms with Gasteiger partial charge in [-0.05, 0) is 43.7 Å². The van der Waals surface area contributed by atoms with Gasteiger partial charge < -0.3 is 19.7 Å². The summed E-state index contributed by atoms with van der Waals surface area (Å²) in [5.41, 5.74) is 1.24. The molecule has 1 saturated heterocycles. The van der Waals surface area contributed by atoms with Crippen molar-refractivity contribution in [3.05, 3.63) is 46.1 Å². The monoisotopic (exact) mass is 465 g/mol. The summed E-state index contributed by atoms with van der Waals surface area (Å²) in [6.45, 7) is 3.78. The molecule has 164 valence electrons. The molecule has 3 rings (SSSR count). The molecule has 1 unspecified atom stereocenters. The smallest absolute Gasteiger partial charge is 0.311 e. The van der Waals surface area contributed by atoms with Gasteiger partial charge in [0.1, 0.15) is 5.75 Å². The number of pyridine rings is 1. The molecule has 1 aliphatic rings. The Morgan fingerprint density at radius 2 is 1.97 bits per heavy atom. The lowest BCUT2D eigenvalue weighted by Gasteiger charge is -2.17. The third kappa shape index (κ3) is 5.45. The van der Waals surface area contributed by atoms with Crippen LogP contribution in [0.2, 0.25) is 10.0 Å². The van der Waals surface area contributed by atoms with Crippen LogP contribution in [0.1, 0.15) is 18.9 Å². The maximum Gasteiger partial charge on any atom is 0.311 e. The van der Waals surface area contributed by atoms with Crippen molar-refractivity contribution in [1.82, 2.24) is 4.98 Å². The molecule has 2 amide bonds. The first-order valence-electron chi connectivity index (χ1n) is 9.60. The normalized spacial score (nSPS) is 15.7. The predicted molar refractivity (Wildman–Crippen MR) is 117 cm³/mol. The van der Waals surface area contributed by atoms with Gasteiger partial charge in [0.25, 0.3) is 5.91 Å². The van der Waals surface area contributed by atoms with E-state index in [1.54, 1.807) is 31.2 Å². The molecule has 0 bridgehead atoms. The third-order valence-electron chi connectivity index (χ3n) is 4.72. The number of hydrogen-bond donors (Lipinski definition) is 1. The van der Waals surface area contributed by atoms with E-state index in [-0.39, 0.29) is 29.7 Å². The molecular weight excluding hydrogens is 445 g/mol. The van der Waals surface area contributed by atoms with Crippen molar-refractivity contribution in [3.8, 4) is 5.75 Å². The van der Waals surface area contributed by atoms with E-state index in [1.807, 2.05) is 6.92 Å². The molecule has 1 fully saturated rings. The Labute approximate surface area is 189 Å². The fourth-order valence-corrected chi connectivity index (χ4v) is 3.46. The van der Waals surface area contributed by atoms with Gasteiger partial charge in [-0.1, -0.05) is 23.2 Å². The molecule has 0 aliphatic carbocycles. The minimum atomic E-state index is -0.661. The van der Waals surface area contributed by atoms with E-state index in [1.165, 1.54) is 11.1 Å². The van der Waals surface area contributed by atoms with E-state index in [9.17, 15) is 14.4 Å². The number of hydrogen-bond acceptors (Lipinski definition) is 6. The van der Waals surface area contributed by atoms with Gasteiger partial charge in [0, 0.05) is 24.8 Å². The number of esters is 1. The third-order valence-corrected chi connectivity index (χ3v) is 5.57. The molecule has 0 spiro atoms. The molecule has 2 heterocycles. The maximum atomic E-state index is 12.4. The number of carbonyl (C=O) groups is 3. The quantitative estimate of drug-likeness (QED) is 0.626. The molecular formula is C21H21Cl2N3O5. The van der Waals surface area contributed by atoms with Crippen LogP contribution in [0, 0.1) is 12.8 Å². The fourth-order valence-electron chi connectivity index (χ4n) is 3.07. The largest absolute Gasteiger partial charge is 0.494 e. The number of aromatic nitrogens is 1. The number of anilines is 2. The van der Waals surface area contributed by atoms with Crippen LogP contribution < -0.4 is 15.0 Å². The summed E-state index contributed by atoms with van der Waals surface area (Å²) in [4.78, 5) is 42.3. The zero-order valence-electron chi connectivity index (χ0n) is 17.0. The van der Waals surface area contributed by atoms with Crippen LogP contribution in [0.25, 0.3) is 0 Å². The van der Waals surface area contributed by atoms with Gasteiger partial charge in [0.05, 0.1) is 22.6 Å². The average Bonchev–Trinajstić information content (AvgIpc) is 3.15. The van der Waals surface area contributed by atoms with E-state index in [0.717, 1.165) is 0 Å². The Morgan fingerprint density at radius 3 is 2.65 bits per heavy atom. The van der Waals surface area contributed by atoms with Gasteiger partial charge in [0.15, 0.2) is 12.4 Å². The fraction of sp³-hybridized carbons (Fsp3) is 0.333. The zero-order valence-corrected chi connectivity index (χ0v) is 18.5. The van der Waals surface area contributed by atoms with Crippen molar-refractivity contribution >= 4 is 52.5 Å². The lowest BCUT2D eigenvalue weighted by molar-refractivity contribution is -0.151. The predicted octanol–water partition coefficient (Wildman–Crippen LogP) is 3.63. The van der Waals surface area contributed by atoms with Crippen LogP contribution >= 0.6 is 23.2 Å². The molecule has 8 nitrogen and oxygen atoms in total. The number of nitrogens with zero attached hydrogens (tertiary/aromatic N) is 2. The first kappa shape index (κ1) is 22.8. The Morgan fingerprint density at radius 1 is 1.26 bits per heavy atom. The van der Waals surface area contributed by atoms with E-state index in [2.05, 4.69) is 10.3 Å². The summed E-state index contributed by atoms with van der Waals surface area (Å²) < 4.78 is 10.5. The van der Waals surface area contributed by atoms with Crippen molar-refractivity contribution in [2.75, 3.05) is 30.0 Å². The van der Waals surface area contributed by atoms with Gasteiger partial charge in [-0.3, -0.25) is 14.4 Å². The van der Waals surface area contributed by atoms with E-state index in [4.69, 9.17) is 32.7 Å². The van der Waals surface area contributed by atoms with Crippen LogP contribution in [-0.4, -0.2) is 42.5 Å². The van der Waals surface area contributed by atoms with Gasteiger partial charge in [-0.25, -0.2) is 4.98 Å². The lowest BCUT2D eigenvalue weighted by Crippen LogP contribution is -2.28. The highest BCUT2D eigenvalue weighted by molar-refractivity contribution is 6.37. The summed E-state index contributed by atoms with van der Waals surface area (Å²) in [6.07, 6.45) is 1.38. The molecule has 0 radical (unpaired) electrons. The van der Waals surface area contributed by atoms with Gasteiger partial charge >= 0.3 is 5.97 Å². The molecule has 1 atom stereocenters. The van der Waals surface area contributed by atoms with E-state index >= 15 is 0 Å². The lowest BCUT2D eigenvalue weighted by atomic mass is 10.1. The van der Waals surface area contributed by atoms with Crippen molar-refractivity contribution in [2.45, 2.75) is 20.3 Å². The highest BCUT2D eigenvalue weighted by Crippen LogP contribution is 2.29. The summed E-state index contributed by atoms with van der Waals surface area (Å²) in [6, 6.07) is 7.04. The minimum Gasteiger partial charge on any atom is -0.494 e. The second kappa shape index (κ2) is 9.98. The standard InChI is InChI=1S/C21H21Cl2N3O5/c1-3-30-15-6-4-14(5-7-15)26-10-13(8-18(26)28)21(29)31-11-17(27)25-20-19(23)12(2)16(22)9-24-20/h4-7,9,13H,3,8,10-11H2,1-2H3,(H,24,25,27). The molecule has 31 heavy (non-hydrogen) atoms. The number of nitrogens with one attached hydrogen (secondary N) is 1. The molecule has 10 heteroatoms. The second-order valence-electron chi connectivity index (χ2n) is 6.88. The number of benzene rings is 1. The van der Waals surface area contributed by atoms with Gasteiger partial charge in [0.2, 0.25) is 5.91 Å². The minimum absolute atomic E-state index is 0.0113. The van der Waals surface area contributed by atoms with Crippen LogP contribution in [0.4, 0.5) is 11.5 Å². The Bertz CT molecular complexity index is 997. The van der Waals surface area contributed by atoms with E-state index in [0.29, 0.717) is 28.6 Å². The molecule has 1 N–H and O–H groups in total. The highest BCUT2D eigenvalue weighted by atomic mass is 35.5. The summed E-state index contributed by atoms with van der Waals surface area (Å²) >= 11 is 12.0. The highest BCUT2D eigenvalue weighted by Gasteiger charge is 2.36. The van der Waals surface area contributed by atoms with Gasteiger partial charge in [-0.2, -0.15) is 0 Å². The molecule has 1 aromatic carbocycles. The first-order chi connectivity index (χ1) is 14.8. The summed E-state index contributed by atoms with van der Waals surface area (Å²) in [5, 5.41) is 3.06. The summed E-state index contributed by atoms with van der Waals surface area (Å²) in [5.74, 6) is -1.25. The maximum absolute atomic E-state index is 12.4. The van der Waals surface area contributed by atoms with Crippen molar-refractivity contribution in [2.24, 2.45) is 5.92 Å². The molecule has 1 aliphatic heterocycles. The second-order valence-corrected chi connectivity index (χ2v) is 7.67. The van der Waals surface area contributed by atoms with Gasteiger partial charge in [-0.15, -0.1) is 0 Å².